The number of fused-ring (bicyclic) bond motifs is 3. The zero-order valence-electron chi connectivity index (χ0n) is 20.8. The number of nitrogens with one attached hydrogen (secondary N) is 1. The number of aryl methyl sites for hydroxylation is 1. The minimum atomic E-state index is 0.774. The van der Waals surface area contributed by atoms with Crippen LogP contribution in [0.1, 0.15) is 146 Å². The molecule has 0 aliphatic heterocycles. The summed E-state index contributed by atoms with van der Waals surface area (Å²) in [6.07, 6.45) is 28.7. The smallest absolute Gasteiger partial charge is 0.0459 e. The summed E-state index contributed by atoms with van der Waals surface area (Å²) in [4.78, 5) is 3.79. The van der Waals surface area contributed by atoms with Gasteiger partial charge in [-0.1, -0.05) is 110 Å². The summed E-state index contributed by atoms with van der Waals surface area (Å²) in [5.41, 5.74) is 4.56. The van der Waals surface area contributed by atoms with Gasteiger partial charge in [0.15, 0.2) is 0 Å². The lowest BCUT2D eigenvalue weighted by Gasteiger charge is -2.22. The molecule has 0 saturated heterocycles. The molecular weight excluding hydrogens is 501 g/mol. The molecule has 0 amide bonds. The van der Waals surface area contributed by atoms with Crippen LogP contribution in [0, 0.1) is 3.57 Å². The molecule has 2 aromatic rings. The Bertz CT molecular complexity index is 762. The lowest BCUT2D eigenvalue weighted by Crippen LogP contribution is -2.09. The molecule has 0 bridgehead atoms. The summed E-state index contributed by atoms with van der Waals surface area (Å²) >= 11 is 2.45. The van der Waals surface area contributed by atoms with Crippen LogP contribution in [0.25, 0.3) is 10.9 Å². The van der Waals surface area contributed by atoms with Crippen molar-refractivity contribution in [2.75, 3.05) is 0 Å². The van der Waals surface area contributed by atoms with Crippen molar-refractivity contribution in [3.05, 3.63) is 33.0 Å². The van der Waals surface area contributed by atoms with E-state index in [2.05, 4.69) is 52.7 Å². The monoisotopic (exact) mass is 549 g/mol. The number of hydrogen-bond acceptors (Lipinski definition) is 0. The molecule has 0 fully saturated rings. The maximum Gasteiger partial charge on any atom is 0.0459 e. The molecule has 1 N–H and O–H groups in total. The standard InChI is InChI=1S/C30H48IN/c1-2-3-4-5-6-7-8-9-10-11-12-13-14-15-16-17-19-25-20-18-21-27-28-24-26(31)22-23-29(28)32-30(25)27/h22-25,32H,2-21H2,1H3. The summed E-state index contributed by atoms with van der Waals surface area (Å²) < 4.78 is 1.36. The van der Waals surface area contributed by atoms with Crippen LogP contribution in [0.4, 0.5) is 0 Å². The van der Waals surface area contributed by atoms with Gasteiger partial charge >= 0.3 is 0 Å². The van der Waals surface area contributed by atoms with Crippen LogP contribution in [-0.2, 0) is 6.42 Å². The van der Waals surface area contributed by atoms with Gasteiger partial charge in [-0.3, -0.25) is 0 Å². The first kappa shape index (κ1) is 26.1. The zero-order chi connectivity index (χ0) is 22.4. The van der Waals surface area contributed by atoms with Crippen molar-refractivity contribution < 1.29 is 0 Å². The number of hydrogen-bond donors (Lipinski definition) is 1. The SMILES string of the molecule is CCCCCCCCCCCCCCCCCCC1CCCc2c1[nH]c1ccc(I)cc21. The fraction of sp³-hybridized carbons (Fsp3) is 0.733. The number of unbranched alkanes of at least 4 members (excludes halogenated alkanes) is 15. The summed E-state index contributed by atoms with van der Waals surface area (Å²) in [5, 5.41) is 1.49. The lowest BCUT2D eigenvalue weighted by molar-refractivity contribution is 0.475. The quantitative estimate of drug-likeness (QED) is 0.149. The largest absolute Gasteiger partial charge is 0.358 e. The van der Waals surface area contributed by atoms with E-state index in [1.807, 2.05) is 0 Å². The van der Waals surface area contributed by atoms with Crippen molar-refractivity contribution in [2.45, 2.75) is 141 Å². The molecule has 32 heavy (non-hydrogen) atoms. The Hall–Kier alpha value is -0.510. The normalized spacial score (nSPS) is 16.0. The number of benzene rings is 1. The maximum atomic E-state index is 3.79. The third-order valence-corrected chi connectivity index (χ3v) is 8.37. The second-order valence-electron chi connectivity index (χ2n) is 10.4. The van der Waals surface area contributed by atoms with Crippen LogP contribution in [0.2, 0.25) is 0 Å². The highest BCUT2D eigenvalue weighted by molar-refractivity contribution is 14.1. The van der Waals surface area contributed by atoms with Crippen LogP contribution >= 0.6 is 22.6 Å². The molecule has 1 heterocycles. The van der Waals surface area contributed by atoms with E-state index in [-0.39, 0.29) is 0 Å². The lowest BCUT2D eigenvalue weighted by atomic mass is 9.83. The Labute approximate surface area is 212 Å². The number of aromatic amines is 1. The van der Waals surface area contributed by atoms with E-state index in [9.17, 15) is 0 Å². The highest BCUT2D eigenvalue weighted by Crippen LogP contribution is 2.39. The third-order valence-electron chi connectivity index (χ3n) is 7.69. The van der Waals surface area contributed by atoms with E-state index in [1.54, 1.807) is 11.3 Å². The number of rotatable bonds is 17. The molecule has 0 radical (unpaired) electrons. The van der Waals surface area contributed by atoms with E-state index < -0.39 is 0 Å². The second-order valence-corrected chi connectivity index (χ2v) is 11.6. The Morgan fingerprint density at radius 2 is 1.34 bits per heavy atom. The van der Waals surface area contributed by atoms with Crippen molar-refractivity contribution in [3.8, 4) is 0 Å². The molecule has 3 rings (SSSR count). The zero-order valence-corrected chi connectivity index (χ0v) is 23.0. The first-order valence-corrected chi connectivity index (χ1v) is 15.2. The molecule has 1 aromatic heterocycles. The summed E-state index contributed by atoms with van der Waals surface area (Å²) in [6.45, 7) is 2.30. The van der Waals surface area contributed by atoms with Gasteiger partial charge in [-0.25, -0.2) is 0 Å². The molecule has 1 atom stereocenters. The van der Waals surface area contributed by atoms with E-state index in [1.165, 1.54) is 143 Å². The average molecular weight is 550 g/mol. The maximum absolute atomic E-state index is 3.79. The van der Waals surface area contributed by atoms with Crippen LogP contribution in [0.5, 0.6) is 0 Å². The van der Waals surface area contributed by atoms with E-state index >= 15 is 0 Å². The highest BCUT2D eigenvalue weighted by atomic mass is 127. The van der Waals surface area contributed by atoms with Crippen LogP contribution in [-0.4, -0.2) is 4.98 Å². The van der Waals surface area contributed by atoms with Crippen molar-refractivity contribution >= 4 is 33.5 Å². The van der Waals surface area contributed by atoms with Crippen molar-refractivity contribution in [2.24, 2.45) is 0 Å². The van der Waals surface area contributed by atoms with Gasteiger partial charge in [-0.15, -0.1) is 0 Å². The van der Waals surface area contributed by atoms with Crippen molar-refractivity contribution in [3.63, 3.8) is 0 Å². The summed E-state index contributed by atoms with van der Waals surface area (Å²) in [5.74, 6) is 0.774. The van der Waals surface area contributed by atoms with Gasteiger partial charge < -0.3 is 4.98 Å². The minimum Gasteiger partial charge on any atom is -0.358 e. The summed E-state index contributed by atoms with van der Waals surface area (Å²) in [6, 6.07) is 6.89. The molecule has 180 valence electrons. The first-order valence-electron chi connectivity index (χ1n) is 14.1. The van der Waals surface area contributed by atoms with Gasteiger partial charge in [-0.05, 0) is 78.0 Å². The molecule has 2 heteroatoms. The van der Waals surface area contributed by atoms with Crippen LogP contribution < -0.4 is 0 Å². The summed E-state index contributed by atoms with van der Waals surface area (Å²) in [7, 11) is 0. The highest BCUT2D eigenvalue weighted by Gasteiger charge is 2.23. The second kappa shape index (κ2) is 15.4. The van der Waals surface area contributed by atoms with Crippen molar-refractivity contribution in [1.82, 2.24) is 4.98 Å². The van der Waals surface area contributed by atoms with Gasteiger partial charge in [0.2, 0.25) is 0 Å². The van der Waals surface area contributed by atoms with Gasteiger partial charge in [0.25, 0.3) is 0 Å². The average Bonchev–Trinajstić information content (AvgIpc) is 3.17. The Morgan fingerprint density at radius 3 is 1.94 bits per heavy atom. The Morgan fingerprint density at radius 1 is 0.781 bits per heavy atom. The van der Waals surface area contributed by atoms with E-state index in [4.69, 9.17) is 0 Å². The van der Waals surface area contributed by atoms with Crippen LogP contribution in [0.15, 0.2) is 18.2 Å². The third kappa shape index (κ3) is 8.69. The molecule has 1 unspecified atom stereocenters. The Balaban J connectivity index is 1.18. The molecule has 0 saturated carbocycles. The predicted molar refractivity (Wildman–Crippen MR) is 151 cm³/mol. The molecule has 0 spiro atoms. The van der Waals surface area contributed by atoms with Gasteiger partial charge in [0, 0.05) is 20.2 Å². The molecule has 1 aliphatic carbocycles. The van der Waals surface area contributed by atoms with Gasteiger partial charge in [0.1, 0.15) is 0 Å². The predicted octanol–water partition coefficient (Wildman–Crippen LogP) is 10.8. The van der Waals surface area contributed by atoms with Crippen molar-refractivity contribution in [1.29, 1.82) is 0 Å². The van der Waals surface area contributed by atoms with E-state index in [0.29, 0.717) is 0 Å². The Kier molecular flexibility index (Phi) is 12.6. The molecular formula is C30H48IN. The van der Waals surface area contributed by atoms with Crippen LogP contribution in [0.3, 0.4) is 0 Å². The number of halogens is 1. The topological polar surface area (TPSA) is 15.8 Å². The van der Waals surface area contributed by atoms with Gasteiger partial charge in [-0.2, -0.15) is 0 Å². The fourth-order valence-corrected chi connectivity index (χ4v) is 6.25. The molecule has 1 aliphatic rings. The molecule has 1 nitrogen and oxygen atoms in total. The number of aromatic nitrogens is 1. The van der Waals surface area contributed by atoms with Gasteiger partial charge in [0.05, 0.1) is 0 Å². The number of H-pyrrole nitrogens is 1. The first-order chi connectivity index (χ1) is 15.8. The molecule has 1 aromatic carbocycles. The van der Waals surface area contributed by atoms with E-state index in [0.717, 1.165) is 5.92 Å². The fourth-order valence-electron chi connectivity index (χ4n) is 5.76. The minimum absolute atomic E-state index is 0.774.